The molecular weight excluding hydrogens is 354 g/mol. The van der Waals surface area contributed by atoms with Gasteiger partial charge in [0.2, 0.25) is 11.8 Å². The zero-order valence-corrected chi connectivity index (χ0v) is 16.3. The van der Waals surface area contributed by atoms with Crippen LogP contribution in [0.2, 0.25) is 0 Å². The Morgan fingerprint density at radius 2 is 2.21 bits per heavy atom. The van der Waals surface area contributed by atoms with E-state index in [-0.39, 0.29) is 17.7 Å². The van der Waals surface area contributed by atoms with E-state index in [0.29, 0.717) is 32.0 Å². The number of hydrogen-bond acceptors (Lipinski definition) is 4. The SMILES string of the molecule is CC(=O)N1CCC(c2nn(CCNC(=O)CC3C=CCC3)c3ncccc23)C1. The smallest absolute Gasteiger partial charge is 0.220 e. The van der Waals surface area contributed by atoms with Crippen LogP contribution >= 0.6 is 0 Å². The fraction of sp³-hybridized carbons (Fsp3) is 0.524. The Balaban J connectivity index is 1.42. The summed E-state index contributed by atoms with van der Waals surface area (Å²) in [5, 5.41) is 8.87. The number of likely N-dealkylation sites (tertiary alicyclic amines) is 1. The van der Waals surface area contributed by atoms with Crippen LogP contribution in [-0.4, -0.2) is 51.1 Å². The Kier molecular flexibility index (Phi) is 5.41. The zero-order valence-electron chi connectivity index (χ0n) is 16.3. The number of carbonyl (C=O) groups excluding carboxylic acids is 2. The molecule has 2 atom stereocenters. The normalized spacial score (nSPS) is 21.5. The maximum Gasteiger partial charge on any atom is 0.220 e. The average molecular weight is 381 g/mol. The molecule has 0 bridgehead atoms. The van der Waals surface area contributed by atoms with Crippen molar-refractivity contribution in [3.63, 3.8) is 0 Å². The first-order chi connectivity index (χ1) is 13.6. The molecule has 28 heavy (non-hydrogen) atoms. The van der Waals surface area contributed by atoms with Crippen LogP contribution in [0.5, 0.6) is 0 Å². The van der Waals surface area contributed by atoms with Gasteiger partial charge in [-0.15, -0.1) is 0 Å². The molecule has 0 spiro atoms. The summed E-state index contributed by atoms with van der Waals surface area (Å²) >= 11 is 0. The number of hydrogen-bond donors (Lipinski definition) is 1. The number of amides is 2. The monoisotopic (exact) mass is 381 g/mol. The predicted octanol–water partition coefficient (Wildman–Crippen LogP) is 2.24. The van der Waals surface area contributed by atoms with Crippen LogP contribution in [0.1, 0.15) is 44.2 Å². The van der Waals surface area contributed by atoms with E-state index in [1.54, 1.807) is 13.1 Å². The van der Waals surface area contributed by atoms with E-state index in [9.17, 15) is 9.59 Å². The summed E-state index contributed by atoms with van der Waals surface area (Å²) in [5.74, 6) is 0.823. The molecule has 1 N–H and O–H groups in total. The highest BCUT2D eigenvalue weighted by Gasteiger charge is 2.29. The topological polar surface area (TPSA) is 80.1 Å². The molecule has 2 aromatic heterocycles. The van der Waals surface area contributed by atoms with E-state index >= 15 is 0 Å². The molecule has 1 saturated heterocycles. The summed E-state index contributed by atoms with van der Waals surface area (Å²) in [6.45, 7) is 4.22. The molecule has 2 aliphatic rings. The Bertz CT molecular complexity index is 903. The molecule has 2 unspecified atom stereocenters. The minimum atomic E-state index is 0.0917. The van der Waals surface area contributed by atoms with E-state index in [1.165, 1.54) is 0 Å². The first-order valence-electron chi connectivity index (χ1n) is 10.1. The molecule has 7 nitrogen and oxygen atoms in total. The van der Waals surface area contributed by atoms with Gasteiger partial charge in [0.05, 0.1) is 12.2 Å². The average Bonchev–Trinajstić information content (AvgIpc) is 3.41. The molecule has 0 radical (unpaired) electrons. The van der Waals surface area contributed by atoms with Crippen molar-refractivity contribution in [3.05, 3.63) is 36.2 Å². The van der Waals surface area contributed by atoms with Crippen molar-refractivity contribution in [3.8, 4) is 0 Å². The van der Waals surface area contributed by atoms with Gasteiger partial charge in [-0.25, -0.2) is 9.67 Å². The second-order valence-corrected chi connectivity index (χ2v) is 7.75. The van der Waals surface area contributed by atoms with Gasteiger partial charge in [0.1, 0.15) is 0 Å². The Morgan fingerprint density at radius 3 is 2.96 bits per heavy atom. The lowest BCUT2D eigenvalue weighted by molar-refractivity contribution is -0.127. The van der Waals surface area contributed by atoms with Gasteiger partial charge in [-0.05, 0) is 37.3 Å². The molecule has 3 heterocycles. The van der Waals surface area contributed by atoms with Crippen LogP contribution in [0.25, 0.3) is 11.0 Å². The van der Waals surface area contributed by atoms with Crippen molar-refractivity contribution in [1.29, 1.82) is 0 Å². The number of allylic oxidation sites excluding steroid dienone is 2. The second kappa shape index (κ2) is 8.12. The quantitative estimate of drug-likeness (QED) is 0.778. The molecule has 148 valence electrons. The summed E-state index contributed by atoms with van der Waals surface area (Å²) in [5.41, 5.74) is 1.85. The molecule has 1 aliphatic carbocycles. The van der Waals surface area contributed by atoms with Gasteiger partial charge in [-0.3, -0.25) is 9.59 Å². The van der Waals surface area contributed by atoms with Crippen LogP contribution in [-0.2, 0) is 16.1 Å². The second-order valence-electron chi connectivity index (χ2n) is 7.75. The molecule has 1 aliphatic heterocycles. The first-order valence-corrected chi connectivity index (χ1v) is 10.1. The maximum absolute atomic E-state index is 12.1. The van der Waals surface area contributed by atoms with Crippen LogP contribution in [0, 0.1) is 5.92 Å². The number of nitrogens with zero attached hydrogens (tertiary/aromatic N) is 4. The van der Waals surface area contributed by atoms with Crippen molar-refractivity contribution in [2.45, 2.75) is 45.1 Å². The number of fused-ring (bicyclic) bond motifs is 1. The van der Waals surface area contributed by atoms with Crippen LogP contribution in [0.4, 0.5) is 0 Å². The summed E-state index contributed by atoms with van der Waals surface area (Å²) in [4.78, 5) is 30.2. The van der Waals surface area contributed by atoms with Crippen LogP contribution in [0.15, 0.2) is 30.5 Å². The van der Waals surface area contributed by atoms with E-state index in [0.717, 1.165) is 42.5 Å². The van der Waals surface area contributed by atoms with Gasteiger partial charge in [0.25, 0.3) is 0 Å². The fourth-order valence-electron chi connectivity index (χ4n) is 4.24. The van der Waals surface area contributed by atoms with Gasteiger partial charge >= 0.3 is 0 Å². The van der Waals surface area contributed by atoms with Crippen molar-refractivity contribution in [2.75, 3.05) is 19.6 Å². The van der Waals surface area contributed by atoms with Crippen molar-refractivity contribution in [2.24, 2.45) is 5.92 Å². The third-order valence-electron chi connectivity index (χ3n) is 5.76. The van der Waals surface area contributed by atoms with Crippen LogP contribution < -0.4 is 5.32 Å². The number of pyridine rings is 1. The lowest BCUT2D eigenvalue weighted by atomic mass is 10.0. The lowest BCUT2D eigenvalue weighted by Gasteiger charge is -2.13. The fourth-order valence-corrected chi connectivity index (χ4v) is 4.24. The Labute approximate surface area is 164 Å². The minimum Gasteiger partial charge on any atom is -0.354 e. The summed E-state index contributed by atoms with van der Waals surface area (Å²) in [6, 6.07) is 3.97. The molecular formula is C21H27N5O2. The van der Waals surface area contributed by atoms with E-state index < -0.39 is 0 Å². The number of rotatable bonds is 6. The predicted molar refractivity (Wildman–Crippen MR) is 107 cm³/mol. The molecule has 2 aromatic rings. The third-order valence-corrected chi connectivity index (χ3v) is 5.76. The summed E-state index contributed by atoms with van der Waals surface area (Å²) in [6.07, 6.45) is 9.69. The summed E-state index contributed by atoms with van der Waals surface area (Å²) < 4.78 is 1.89. The largest absolute Gasteiger partial charge is 0.354 e. The molecule has 2 amide bonds. The van der Waals surface area contributed by atoms with Crippen molar-refractivity contribution >= 4 is 22.8 Å². The van der Waals surface area contributed by atoms with E-state index in [1.807, 2.05) is 21.7 Å². The Hall–Kier alpha value is -2.70. The van der Waals surface area contributed by atoms with Gasteiger partial charge in [-0.2, -0.15) is 5.10 Å². The molecule has 0 saturated carbocycles. The van der Waals surface area contributed by atoms with Gasteiger partial charge in [0, 0.05) is 50.5 Å². The maximum atomic E-state index is 12.1. The van der Waals surface area contributed by atoms with Gasteiger partial charge in [-0.1, -0.05) is 12.2 Å². The highest BCUT2D eigenvalue weighted by molar-refractivity contribution is 5.79. The zero-order chi connectivity index (χ0) is 19.5. The summed E-state index contributed by atoms with van der Waals surface area (Å²) in [7, 11) is 0. The van der Waals surface area contributed by atoms with Crippen molar-refractivity contribution < 1.29 is 9.59 Å². The van der Waals surface area contributed by atoms with Gasteiger partial charge in [0.15, 0.2) is 5.65 Å². The lowest BCUT2D eigenvalue weighted by Crippen LogP contribution is -2.28. The Morgan fingerprint density at radius 1 is 1.32 bits per heavy atom. The standard InChI is InChI=1S/C21H27N5O2/c1-15(27)25-11-8-17(14-25)20-18-7-4-9-23-21(18)26(24-20)12-10-22-19(28)13-16-5-2-3-6-16/h2,4-5,7,9,16-17H,3,6,8,10-14H2,1H3,(H,22,28). The van der Waals surface area contributed by atoms with Crippen LogP contribution in [0.3, 0.4) is 0 Å². The molecule has 4 rings (SSSR count). The molecule has 7 heteroatoms. The minimum absolute atomic E-state index is 0.0917. The number of nitrogens with one attached hydrogen (secondary N) is 1. The van der Waals surface area contributed by atoms with Gasteiger partial charge < -0.3 is 10.2 Å². The molecule has 1 fully saturated rings. The number of aromatic nitrogens is 3. The molecule has 0 aromatic carbocycles. The van der Waals surface area contributed by atoms with Crippen molar-refractivity contribution in [1.82, 2.24) is 25.0 Å². The van der Waals surface area contributed by atoms with E-state index in [4.69, 9.17) is 5.10 Å². The first kappa shape index (κ1) is 18.7. The highest BCUT2D eigenvalue weighted by Crippen LogP contribution is 2.31. The highest BCUT2D eigenvalue weighted by atomic mass is 16.2. The number of carbonyl (C=O) groups is 2. The van der Waals surface area contributed by atoms with E-state index in [2.05, 4.69) is 22.5 Å². The third kappa shape index (κ3) is 3.93.